The van der Waals surface area contributed by atoms with E-state index in [-0.39, 0.29) is 34.5 Å². The number of rotatable bonds is 5. The van der Waals surface area contributed by atoms with Crippen LogP contribution in [0.15, 0.2) is 65.7 Å². The monoisotopic (exact) mass is 408 g/mol. The highest BCUT2D eigenvalue weighted by Gasteiger charge is 2.24. The van der Waals surface area contributed by atoms with Gasteiger partial charge in [-0.25, -0.2) is 8.78 Å². The molecule has 2 aromatic rings. The Kier molecular flexibility index (Phi) is 5.14. The third kappa shape index (κ3) is 3.47. The van der Waals surface area contributed by atoms with Crippen molar-refractivity contribution in [1.29, 1.82) is 0 Å². The summed E-state index contributed by atoms with van der Waals surface area (Å²) in [6, 6.07) is 12.4. The summed E-state index contributed by atoms with van der Waals surface area (Å²) in [6.07, 6.45) is 3.20. The van der Waals surface area contributed by atoms with Gasteiger partial charge in [0.15, 0.2) is 0 Å². The van der Waals surface area contributed by atoms with E-state index in [1.165, 1.54) is 10.7 Å². The van der Waals surface area contributed by atoms with Crippen molar-refractivity contribution in [2.45, 2.75) is 20.0 Å². The lowest BCUT2D eigenvalue weighted by atomic mass is 10.1. The molecule has 0 saturated carbocycles. The maximum Gasteiger partial charge on any atom is 0.282 e. The van der Waals surface area contributed by atoms with E-state index in [4.69, 9.17) is 0 Å². The Balaban J connectivity index is 1.74. The third-order valence-electron chi connectivity index (χ3n) is 4.82. The number of carbonyl (C=O) groups excluding carboxylic acids is 1. The highest BCUT2D eigenvalue weighted by atomic mass is 19.1. The number of amides is 1. The number of halogens is 2. The summed E-state index contributed by atoms with van der Waals surface area (Å²) >= 11 is 0. The van der Waals surface area contributed by atoms with Crippen LogP contribution in [-0.2, 0) is 13.1 Å². The van der Waals surface area contributed by atoms with E-state index in [2.05, 4.69) is 10.4 Å². The van der Waals surface area contributed by atoms with Crippen LogP contribution >= 0.6 is 0 Å². The van der Waals surface area contributed by atoms with Crippen LogP contribution in [0.3, 0.4) is 0 Å². The van der Waals surface area contributed by atoms with Gasteiger partial charge in [-0.05, 0) is 31.2 Å². The lowest BCUT2D eigenvalue weighted by Crippen LogP contribution is -2.25. The molecule has 0 atom stereocenters. The van der Waals surface area contributed by atoms with Crippen LogP contribution in [-0.4, -0.2) is 20.3 Å². The summed E-state index contributed by atoms with van der Waals surface area (Å²) in [6.45, 7) is 2.06. The minimum atomic E-state index is -0.743. The Hall–Kier alpha value is -3.81. The van der Waals surface area contributed by atoms with Crippen LogP contribution in [0.2, 0.25) is 0 Å². The minimum Gasteiger partial charge on any atom is -0.353 e. The molecular weight excluding hydrogens is 390 g/mol. The van der Waals surface area contributed by atoms with Crippen LogP contribution in [0, 0.1) is 11.6 Å². The van der Waals surface area contributed by atoms with E-state index in [1.54, 1.807) is 41.2 Å². The largest absolute Gasteiger partial charge is 0.353 e. The molecule has 8 heteroatoms. The highest BCUT2D eigenvalue weighted by Crippen LogP contribution is 2.22. The number of nitrogens with one attached hydrogen (secondary N) is 1. The van der Waals surface area contributed by atoms with Gasteiger partial charge in [-0.15, -0.1) is 0 Å². The van der Waals surface area contributed by atoms with E-state index in [0.29, 0.717) is 12.2 Å². The number of carbonyl (C=O) groups is 1. The first-order chi connectivity index (χ1) is 14.5. The average Bonchev–Trinajstić information content (AvgIpc) is 3.09. The van der Waals surface area contributed by atoms with Gasteiger partial charge in [-0.2, -0.15) is 9.78 Å². The number of hydrogen-bond donors (Lipinski definition) is 1. The number of pyridine rings is 1. The molecule has 4 rings (SSSR count). The molecule has 0 spiro atoms. The van der Waals surface area contributed by atoms with Gasteiger partial charge in [-0.3, -0.25) is 9.59 Å². The predicted octanol–water partition coefficient (Wildman–Crippen LogP) is 3.37. The summed E-state index contributed by atoms with van der Waals surface area (Å²) < 4.78 is 30.7. The second kappa shape index (κ2) is 7.90. The van der Waals surface area contributed by atoms with Crippen molar-refractivity contribution >= 4 is 5.91 Å². The zero-order valence-electron chi connectivity index (χ0n) is 16.1. The highest BCUT2D eigenvalue weighted by molar-refractivity contribution is 5.99. The van der Waals surface area contributed by atoms with Gasteiger partial charge in [-0.1, -0.05) is 24.3 Å². The fourth-order valence-electron chi connectivity index (χ4n) is 3.22. The van der Waals surface area contributed by atoms with Crippen LogP contribution in [0.4, 0.5) is 8.78 Å². The van der Waals surface area contributed by atoms with E-state index >= 15 is 0 Å². The maximum absolute atomic E-state index is 13.9. The molecule has 0 radical (unpaired) electrons. The van der Waals surface area contributed by atoms with Crippen LogP contribution in [0.5, 0.6) is 0 Å². The molecule has 152 valence electrons. The first-order valence-corrected chi connectivity index (χ1v) is 9.39. The second-order valence-electron chi connectivity index (χ2n) is 6.70. The molecule has 1 amide bonds. The molecular formula is C22H18F2N4O2. The molecule has 2 aromatic carbocycles. The Morgan fingerprint density at radius 1 is 1.03 bits per heavy atom. The fourth-order valence-corrected chi connectivity index (χ4v) is 3.22. The number of fused-ring (bicyclic) bond motifs is 1. The van der Waals surface area contributed by atoms with Crippen molar-refractivity contribution in [3.05, 3.63) is 94.0 Å². The zero-order valence-corrected chi connectivity index (χ0v) is 16.1. The van der Waals surface area contributed by atoms with E-state index in [9.17, 15) is 18.4 Å². The summed E-state index contributed by atoms with van der Waals surface area (Å²) in [5.74, 6) is -2.07. The van der Waals surface area contributed by atoms with Crippen molar-refractivity contribution in [3.8, 4) is 16.9 Å². The Bertz CT molecular complexity index is 1230. The van der Waals surface area contributed by atoms with Gasteiger partial charge in [0.1, 0.15) is 17.3 Å². The van der Waals surface area contributed by atoms with Crippen molar-refractivity contribution < 1.29 is 13.6 Å². The zero-order chi connectivity index (χ0) is 21.3. The smallest absolute Gasteiger partial charge is 0.282 e. The Morgan fingerprint density at radius 3 is 2.40 bits per heavy atom. The number of aryl methyl sites for hydroxylation is 1. The molecule has 0 fully saturated rings. The lowest BCUT2D eigenvalue weighted by molar-refractivity contribution is 0.0950. The van der Waals surface area contributed by atoms with Crippen LogP contribution < -0.4 is 10.9 Å². The van der Waals surface area contributed by atoms with Crippen molar-refractivity contribution in [3.63, 3.8) is 0 Å². The van der Waals surface area contributed by atoms with Crippen molar-refractivity contribution in [2.24, 2.45) is 0 Å². The van der Waals surface area contributed by atoms with Gasteiger partial charge >= 0.3 is 0 Å². The Morgan fingerprint density at radius 2 is 1.73 bits per heavy atom. The molecule has 0 saturated heterocycles. The topological polar surface area (TPSA) is 68.9 Å². The Labute approximate surface area is 170 Å². The molecule has 30 heavy (non-hydrogen) atoms. The van der Waals surface area contributed by atoms with Crippen LogP contribution in [0.25, 0.3) is 16.9 Å². The maximum atomic E-state index is 13.9. The van der Waals surface area contributed by atoms with Gasteiger partial charge in [0.05, 0.1) is 16.8 Å². The molecule has 2 heterocycles. The van der Waals surface area contributed by atoms with E-state index in [0.717, 1.165) is 12.1 Å². The number of para-hydroxylation sites is 1. The van der Waals surface area contributed by atoms with Crippen LogP contribution in [0.1, 0.15) is 22.8 Å². The van der Waals surface area contributed by atoms with Crippen molar-refractivity contribution in [2.75, 3.05) is 0 Å². The summed E-state index contributed by atoms with van der Waals surface area (Å²) in [4.78, 5) is 25.8. The average molecular weight is 408 g/mol. The lowest BCUT2D eigenvalue weighted by Gasteiger charge is -2.12. The summed E-state index contributed by atoms with van der Waals surface area (Å²) in [5, 5.41) is 6.88. The first kappa shape index (κ1) is 19.5. The SMILES string of the molecule is CCn1cc(C(=O)NCc2c(F)cccc2F)c2nn(-c3ccccc3)c(=O)c-2c1. The van der Waals surface area contributed by atoms with E-state index < -0.39 is 17.5 Å². The molecule has 0 unspecified atom stereocenters. The second-order valence-corrected chi connectivity index (χ2v) is 6.70. The molecule has 2 aliphatic rings. The van der Waals surface area contributed by atoms with Gasteiger partial charge < -0.3 is 9.88 Å². The van der Waals surface area contributed by atoms with E-state index in [1.807, 2.05) is 13.0 Å². The summed E-state index contributed by atoms with van der Waals surface area (Å²) in [5.41, 5.74) is 0.638. The van der Waals surface area contributed by atoms with Gasteiger partial charge in [0.2, 0.25) is 0 Å². The number of nitrogens with zero attached hydrogens (tertiary/aromatic N) is 3. The number of hydrogen-bond acceptors (Lipinski definition) is 3. The molecule has 0 bridgehead atoms. The minimum absolute atomic E-state index is 0.151. The molecule has 2 aliphatic heterocycles. The molecule has 6 nitrogen and oxygen atoms in total. The number of aromatic nitrogens is 3. The van der Waals surface area contributed by atoms with Crippen molar-refractivity contribution in [1.82, 2.24) is 19.7 Å². The standard InChI is InChI=1S/C22H18F2N4O2/c1-2-27-12-16(21(29)25-11-15-18(23)9-6-10-19(15)24)20-17(13-27)22(30)28(26-20)14-7-4-3-5-8-14/h3-10,12-13H,2,11H2,1H3,(H,25,29). The first-order valence-electron chi connectivity index (χ1n) is 9.39. The van der Waals surface area contributed by atoms with Gasteiger partial charge in [0.25, 0.3) is 11.5 Å². The quantitative estimate of drug-likeness (QED) is 0.551. The molecule has 0 aromatic heterocycles. The van der Waals surface area contributed by atoms with Gasteiger partial charge in [0, 0.05) is 31.0 Å². The normalized spacial score (nSPS) is 11.0. The third-order valence-corrected chi connectivity index (χ3v) is 4.82. The fraction of sp³-hybridized carbons (Fsp3) is 0.136. The number of benzene rings is 2. The summed E-state index contributed by atoms with van der Waals surface area (Å²) in [7, 11) is 0. The molecule has 1 N–H and O–H groups in total. The molecule has 0 aliphatic carbocycles. The predicted molar refractivity (Wildman–Crippen MR) is 108 cm³/mol.